The number of piperidine rings is 2. The third kappa shape index (κ3) is 9.61. The van der Waals surface area contributed by atoms with Crippen LogP contribution < -0.4 is 49.5 Å². The average molecular weight is 691 g/mol. The van der Waals surface area contributed by atoms with Gasteiger partial charge < -0.3 is 54.6 Å². The van der Waals surface area contributed by atoms with E-state index < -0.39 is 0 Å². The van der Waals surface area contributed by atoms with E-state index in [2.05, 4.69) is 31.1 Å². The second kappa shape index (κ2) is 18.1. The largest absolute Gasteiger partial charge is 0.506 e. The number of urea groups is 1. The molecule has 1 aromatic heterocycles. The standard InChI is InChI=1S/C29H41N9O3S.ClH.3H3N.4H2/c39-22-17-19(11-12-20(22)31-24(40)10-4-3-9-23-25-21(18-42-23)32-29(41)33-25)30-26-34-27(37-13-5-1-6-14-37)36-28(35-26)38-15-7-2-8-16-38;;;;;;;;/h11-12,17,21,23,25,39H,1-10,13-16,18H2,(H,31,40)(H2,32,33,41)(H,30,34,35,36);1H;3*1H3;4*1H. The summed E-state index contributed by atoms with van der Waals surface area (Å²) in [6.07, 6.45) is 9.98. The number of unbranched alkanes of at least 4 members (excludes halogenated alkanes) is 1. The fourth-order valence-corrected chi connectivity index (χ4v) is 7.76. The molecule has 3 atom stereocenters. The van der Waals surface area contributed by atoms with Gasteiger partial charge in [-0.25, -0.2) is 4.79 Å². The van der Waals surface area contributed by atoms with Crippen molar-refractivity contribution < 1.29 is 20.4 Å². The maximum absolute atomic E-state index is 12.6. The number of halogens is 1. The van der Waals surface area contributed by atoms with Crippen LogP contribution in [0.1, 0.15) is 69.9 Å². The number of benzene rings is 1. The molecular weight excluding hydrogens is 632 g/mol. The molecular formula is C29H59ClN12O3S. The lowest BCUT2D eigenvalue weighted by Gasteiger charge is -2.30. The van der Waals surface area contributed by atoms with Crippen molar-refractivity contribution in [2.45, 2.75) is 81.5 Å². The number of carbonyl (C=O) groups is 2. The Morgan fingerprint density at radius 1 is 0.935 bits per heavy atom. The number of carbonyl (C=O) groups excluding carboxylic acids is 2. The van der Waals surface area contributed by atoms with Crippen molar-refractivity contribution in [1.82, 2.24) is 44.0 Å². The SMILES string of the molecule is Cl.N.N.N.O=C(CCCCC1SCC2NC(=O)NC21)Nc1ccc(Nc2nc(N3CCCCC3)nc(N3CCCCC3)n2)cc1O.[HH].[HH].[HH].[HH]. The first kappa shape index (κ1) is 38.9. The highest BCUT2D eigenvalue weighted by molar-refractivity contribution is 8.00. The molecule has 4 fully saturated rings. The summed E-state index contributed by atoms with van der Waals surface area (Å²) in [6, 6.07) is 5.41. The number of nitrogens with one attached hydrogen (secondary N) is 4. The molecule has 0 bridgehead atoms. The minimum atomic E-state index is -0.131. The van der Waals surface area contributed by atoms with Crippen LogP contribution >= 0.6 is 24.2 Å². The van der Waals surface area contributed by atoms with E-state index in [1.165, 1.54) is 12.8 Å². The van der Waals surface area contributed by atoms with Gasteiger partial charge in [0.25, 0.3) is 0 Å². The number of anilines is 5. The van der Waals surface area contributed by atoms with Gasteiger partial charge in [-0.15, -0.1) is 12.4 Å². The molecule has 0 spiro atoms. The van der Waals surface area contributed by atoms with Gasteiger partial charge in [-0.2, -0.15) is 26.7 Å². The van der Waals surface area contributed by atoms with E-state index in [0.29, 0.717) is 40.9 Å². The molecule has 46 heavy (non-hydrogen) atoms. The Morgan fingerprint density at radius 3 is 2.17 bits per heavy atom. The maximum Gasteiger partial charge on any atom is 0.315 e. The van der Waals surface area contributed by atoms with Gasteiger partial charge in [0.1, 0.15) is 5.75 Å². The van der Waals surface area contributed by atoms with Gasteiger partial charge in [-0.05, 0) is 63.5 Å². The van der Waals surface area contributed by atoms with Crippen molar-refractivity contribution >= 4 is 65.3 Å². The minimum absolute atomic E-state index is 0. The first-order valence-corrected chi connectivity index (χ1v) is 16.4. The van der Waals surface area contributed by atoms with Crippen LogP contribution in [0.2, 0.25) is 0 Å². The number of aromatic nitrogens is 3. The zero-order valence-corrected chi connectivity index (χ0v) is 28.1. The molecule has 266 valence electrons. The van der Waals surface area contributed by atoms with Crippen LogP contribution in [0.3, 0.4) is 0 Å². The van der Waals surface area contributed by atoms with Crippen molar-refractivity contribution in [3.05, 3.63) is 18.2 Å². The van der Waals surface area contributed by atoms with Crippen LogP contribution in [-0.2, 0) is 4.79 Å². The van der Waals surface area contributed by atoms with E-state index >= 15 is 0 Å². The normalized spacial score (nSPS) is 21.7. The first-order chi connectivity index (χ1) is 20.5. The summed E-state index contributed by atoms with van der Waals surface area (Å²) in [5.74, 6) is 2.61. The molecule has 5 heterocycles. The molecule has 4 aliphatic heterocycles. The van der Waals surface area contributed by atoms with E-state index in [-0.39, 0.29) is 66.3 Å². The number of phenolic OH excluding ortho intramolecular Hbond substituents is 1. The second-order valence-electron chi connectivity index (χ2n) is 11.6. The Hall–Kier alpha value is -3.31. The molecule has 0 aliphatic carbocycles. The summed E-state index contributed by atoms with van der Waals surface area (Å²) in [5, 5.41) is 23.1. The van der Waals surface area contributed by atoms with Crippen molar-refractivity contribution in [3.63, 3.8) is 0 Å². The number of thioether (sulfide) groups is 1. The monoisotopic (exact) mass is 690 g/mol. The van der Waals surface area contributed by atoms with Crippen LogP contribution in [0, 0.1) is 0 Å². The smallest absolute Gasteiger partial charge is 0.315 e. The molecule has 4 saturated heterocycles. The van der Waals surface area contributed by atoms with E-state index in [9.17, 15) is 14.7 Å². The zero-order chi connectivity index (χ0) is 28.9. The third-order valence-electron chi connectivity index (χ3n) is 8.50. The molecule has 1 aromatic carbocycles. The Kier molecular flexibility index (Phi) is 15.3. The number of phenols is 1. The van der Waals surface area contributed by atoms with Gasteiger partial charge in [-0.1, -0.05) is 6.42 Å². The molecule has 0 radical (unpaired) electrons. The third-order valence-corrected chi connectivity index (χ3v) is 10.0. The Bertz CT molecular complexity index is 1270. The highest BCUT2D eigenvalue weighted by Gasteiger charge is 2.42. The molecule has 17 heteroatoms. The summed E-state index contributed by atoms with van der Waals surface area (Å²) >= 11 is 1.88. The van der Waals surface area contributed by atoms with Gasteiger partial charge in [0.15, 0.2) is 0 Å². The van der Waals surface area contributed by atoms with Crippen LogP contribution in [0.5, 0.6) is 5.75 Å². The predicted octanol–water partition coefficient (Wildman–Crippen LogP) is 5.86. The van der Waals surface area contributed by atoms with E-state index in [1.807, 2.05) is 11.8 Å². The van der Waals surface area contributed by atoms with Crippen LogP contribution in [0.25, 0.3) is 0 Å². The van der Waals surface area contributed by atoms with Gasteiger partial charge in [0.2, 0.25) is 23.8 Å². The highest BCUT2D eigenvalue weighted by Crippen LogP contribution is 2.33. The number of aromatic hydroxyl groups is 1. The number of amides is 3. The van der Waals surface area contributed by atoms with Crippen LogP contribution in [0.15, 0.2) is 18.2 Å². The van der Waals surface area contributed by atoms with Gasteiger partial charge in [-0.3, -0.25) is 4.79 Å². The summed E-state index contributed by atoms with van der Waals surface area (Å²) in [5.41, 5.74) is 1.00. The van der Waals surface area contributed by atoms with Crippen LogP contribution in [0.4, 0.5) is 34.0 Å². The Balaban J connectivity index is -0.00000276. The molecule has 2 aromatic rings. The quantitative estimate of drug-likeness (QED) is 0.0827. The predicted molar refractivity (Wildman–Crippen MR) is 197 cm³/mol. The summed E-state index contributed by atoms with van der Waals surface area (Å²) in [6.45, 7) is 3.76. The lowest BCUT2D eigenvalue weighted by molar-refractivity contribution is -0.116. The van der Waals surface area contributed by atoms with Crippen molar-refractivity contribution in [2.24, 2.45) is 0 Å². The van der Waals surface area contributed by atoms with Crippen molar-refractivity contribution in [2.75, 3.05) is 52.4 Å². The van der Waals surface area contributed by atoms with E-state index in [4.69, 9.17) is 15.0 Å². The number of hydrogen-bond donors (Lipinski definition) is 8. The lowest BCUT2D eigenvalue weighted by atomic mass is 10.0. The van der Waals surface area contributed by atoms with E-state index in [0.717, 1.165) is 76.9 Å². The molecule has 14 N–H and O–H groups in total. The number of hydrogen-bond acceptors (Lipinski definition) is 13. The van der Waals surface area contributed by atoms with Gasteiger partial charge >= 0.3 is 6.03 Å². The van der Waals surface area contributed by atoms with Gasteiger partial charge in [0, 0.05) is 61.1 Å². The number of fused-ring (bicyclic) bond motifs is 1. The number of rotatable bonds is 10. The minimum Gasteiger partial charge on any atom is -0.506 e. The number of nitrogens with zero attached hydrogens (tertiary/aromatic N) is 5. The van der Waals surface area contributed by atoms with Crippen molar-refractivity contribution in [3.8, 4) is 5.75 Å². The average Bonchev–Trinajstić information content (AvgIpc) is 3.56. The molecule has 6 rings (SSSR count). The van der Waals surface area contributed by atoms with Gasteiger partial charge in [0.05, 0.1) is 17.8 Å². The van der Waals surface area contributed by atoms with Crippen LogP contribution in [-0.4, -0.2) is 81.3 Å². The molecule has 4 aliphatic rings. The molecule has 3 amide bonds. The Morgan fingerprint density at radius 2 is 1.57 bits per heavy atom. The maximum atomic E-state index is 12.6. The van der Waals surface area contributed by atoms with E-state index in [1.54, 1.807) is 18.2 Å². The zero-order valence-electron chi connectivity index (χ0n) is 26.5. The highest BCUT2D eigenvalue weighted by atomic mass is 35.5. The fraction of sp³-hybridized carbons (Fsp3) is 0.621. The summed E-state index contributed by atoms with van der Waals surface area (Å²) in [7, 11) is 0. The first-order valence-electron chi connectivity index (χ1n) is 15.4. The van der Waals surface area contributed by atoms with Crippen molar-refractivity contribution in [1.29, 1.82) is 0 Å². The molecule has 15 nitrogen and oxygen atoms in total. The second-order valence-corrected chi connectivity index (χ2v) is 12.9. The lowest BCUT2D eigenvalue weighted by Crippen LogP contribution is -2.36. The Labute approximate surface area is 287 Å². The summed E-state index contributed by atoms with van der Waals surface area (Å²) in [4.78, 5) is 42.9. The fourth-order valence-electron chi connectivity index (χ4n) is 6.21. The molecule has 0 saturated carbocycles. The topological polar surface area (TPSA) is 253 Å². The molecule has 3 unspecified atom stereocenters. The summed E-state index contributed by atoms with van der Waals surface area (Å²) < 4.78 is 0.